The van der Waals surface area contributed by atoms with Crippen LogP contribution >= 0.6 is 27.7 Å². The molecule has 0 radical (unpaired) electrons. The summed E-state index contributed by atoms with van der Waals surface area (Å²) in [7, 11) is 1.72. The quantitative estimate of drug-likeness (QED) is 0.444. The number of benzene rings is 1. The Morgan fingerprint density at radius 3 is 2.85 bits per heavy atom. The number of rotatable bonds is 7. The van der Waals surface area contributed by atoms with Crippen molar-refractivity contribution < 1.29 is 4.39 Å². The van der Waals surface area contributed by atoms with Gasteiger partial charge in [0.25, 0.3) is 0 Å². The lowest BCUT2D eigenvalue weighted by molar-refractivity contribution is 0.604. The maximum absolute atomic E-state index is 13.6. The third kappa shape index (κ3) is 6.61. The van der Waals surface area contributed by atoms with Crippen molar-refractivity contribution >= 4 is 33.7 Å². The van der Waals surface area contributed by atoms with E-state index in [9.17, 15) is 4.39 Å². The molecule has 0 aliphatic heterocycles. The first kappa shape index (κ1) is 17.3. The van der Waals surface area contributed by atoms with Crippen molar-refractivity contribution in [1.29, 1.82) is 0 Å². The van der Waals surface area contributed by atoms with E-state index in [2.05, 4.69) is 37.8 Å². The molecule has 0 fully saturated rings. The molecule has 112 valence electrons. The third-order valence-corrected chi connectivity index (χ3v) is 3.94. The molecule has 0 aliphatic rings. The van der Waals surface area contributed by atoms with E-state index in [-0.39, 0.29) is 5.82 Å². The predicted molar refractivity (Wildman–Crippen MR) is 89.9 cm³/mol. The van der Waals surface area contributed by atoms with Crippen LogP contribution < -0.4 is 10.6 Å². The van der Waals surface area contributed by atoms with Crippen molar-refractivity contribution in [3.63, 3.8) is 0 Å². The Balaban J connectivity index is 2.36. The van der Waals surface area contributed by atoms with Crippen molar-refractivity contribution in [1.82, 2.24) is 10.6 Å². The number of aliphatic imine (C=N–C) groups is 1. The van der Waals surface area contributed by atoms with Crippen LogP contribution in [-0.4, -0.2) is 31.6 Å². The normalized spacial score (nSPS) is 11.5. The van der Waals surface area contributed by atoms with Crippen molar-refractivity contribution in [3.05, 3.63) is 34.1 Å². The molecule has 0 unspecified atom stereocenters. The van der Waals surface area contributed by atoms with Gasteiger partial charge >= 0.3 is 0 Å². The van der Waals surface area contributed by atoms with E-state index in [1.807, 2.05) is 11.8 Å². The minimum atomic E-state index is -0.212. The van der Waals surface area contributed by atoms with Crippen molar-refractivity contribution in [2.75, 3.05) is 25.6 Å². The van der Waals surface area contributed by atoms with Crippen LogP contribution in [0.3, 0.4) is 0 Å². The van der Waals surface area contributed by atoms with Gasteiger partial charge in [0.2, 0.25) is 0 Å². The Labute approximate surface area is 133 Å². The van der Waals surface area contributed by atoms with E-state index in [0.717, 1.165) is 17.4 Å². The lowest BCUT2D eigenvalue weighted by atomic mass is 10.2. The largest absolute Gasteiger partial charge is 0.356 e. The summed E-state index contributed by atoms with van der Waals surface area (Å²) in [6, 6.07) is 4.92. The molecule has 0 aromatic heterocycles. The number of thioether (sulfide) groups is 1. The van der Waals surface area contributed by atoms with Gasteiger partial charge in [-0.05, 0) is 43.0 Å². The molecule has 0 atom stereocenters. The van der Waals surface area contributed by atoms with E-state index in [4.69, 9.17) is 0 Å². The van der Waals surface area contributed by atoms with Gasteiger partial charge in [-0.3, -0.25) is 4.99 Å². The lowest BCUT2D eigenvalue weighted by Gasteiger charge is -2.12. The van der Waals surface area contributed by atoms with E-state index in [1.165, 1.54) is 18.2 Å². The lowest BCUT2D eigenvalue weighted by Crippen LogP contribution is -2.37. The first-order valence-corrected chi connectivity index (χ1v) is 8.73. The molecule has 0 spiro atoms. The molecule has 0 saturated carbocycles. The molecule has 1 aromatic rings. The summed E-state index contributed by atoms with van der Waals surface area (Å²) in [6.45, 7) is 1.29. The number of hydrogen-bond acceptors (Lipinski definition) is 2. The van der Waals surface area contributed by atoms with Gasteiger partial charge < -0.3 is 10.6 Å². The van der Waals surface area contributed by atoms with Crippen LogP contribution in [0.5, 0.6) is 0 Å². The fourth-order valence-corrected chi connectivity index (χ4v) is 2.56. The summed E-state index contributed by atoms with van der Waals surface area (Å²) in [4.78, 5) is 4.13. The standard InChI is InChI=1S/C14H21BrFN3S/c1-17-14(18-7-3-4-8-20-2)19-10-11-9-12(15)5-6-13(11)16/h5-6,9H,3-4,7-8,10H2,1-2H3,(H2,17,18,19). The monoisotopic (exact) mass is 361 g/mol. The summed E-state index contributed by atoms with van der Waals surface area (Å²) in [5.74, 6) is 1.67. The second kappa shape index (κ2) is 10.0. The molecule has 1 rings (SSSR count). The molecule has 0 aliphatic carbocycles. The van der Waals surface area contributed by atoms with E-state index in [0.29, 0.717) is 18.1 Å². The van der Waals surface area contributed by atoms with Gasteiger partial charge in [0.05, 0.1) is 0 Å². The maximum Gasteiger partial charge on any atom is 0.191 e. The van der Waals surface area contributed by atoms with Crippen molar-refractivity contribution in [3.8, 4) is 0 Å². The molecule has 0 amide bonds. The van der Waals surface area contributed by atoms with Crippen LogP contribution in [0, 0.1) is 5.82 Å². The van der Waals surface area contributed by atoms with E-state index < -0.39 is 0 Å². The van der Waals surface area contributed by atoms with Crippen LogP contribution in [0.4, 0.5) is 4.39 Å². The second-order valence-electron chi connectivity index (χ2n) is 4.29. The molecular formula is C14H21BrFN3S. The molecule has 20 heavy (non-hydrogen) atoms. The SMILES string of the molecule is CN=C(NCCCCSC)NCc1cc(Br)ccc1F. The summed E-state index contributed by atoms with van der Waals surface area (Å²) in [5, 5.41) is 6.35. The molecular weight excluding hydrogens is 341 g/mol. The van der Waals surface area contributed by atoms with Gasteiger partial charge in [-0.15, -0.1) is 0 Å². The van der Waals surface area contributed by atoms with Gasteiger partial charge in [0.15, 0.2) is 5.96 Å². The Morgan fingerprint density at radius 2 is 2.15 bits per heavy atom. The van der Waals surface area contributed by atoms with E-state index >= 15 is 0 Å². The Bertz CT molecular complexity index is 440. The fraction of sp³-hybridized carbons (Fsp3) is 0.500. The Kier molecular flexibility index (Phi) is 8.69. The molecule has 1 aromatic carbocycles. The zero-order valence-corrected chi connectivity index (χ0v) is 14.3. The van der Waals surface area contributed by atoms with Crippen LogP contribution in [0.2, 0.25) is 0 Å². The fourth-order valence-electron chi connectivity index (χ4n) is 1.66. The zero-order valence-electron chi connectivity index (χ0n) is 11.9. The van der Waals surface area contributed by atoms with E-state index in [1.54, 1.807) is 19.2 Å². The van der Waals surface area contributed by atoms with Gasteiger partial charge in [0, 0.05) is 30.2 Å². The smallest absolute Gasteiger partial charge is 0.191 e. The Hall–Kier alpha value is -0.750. The van der Waals surface area contributed by atoms with Crippen LogP contribution in [0.1, 0.15) is 18.4 Å². The van der Waals surface area contributed by atoms with Crippen molar-refractivity contribution in [2.45, 2.75) is 19.4 Å². The highest BCUT2D eigenvalue weighted by Gasteiger charge is 2.04. The van der Waals surface area contributed by atoms with Crippen molar-refractivity contribution in [2.24, 2.45) is 4.99 Å². The van der Waals surface area contributed by atoms with Gasteiger partial charge in [-0.1, -0.05) is 15.9 Å². The number of guanidine groups is 1. The van der Waals surface area contributed by atoms with Gasteiger partial charge in [0.1, 0.15) is 5.82 Å². The molecule has 0 bridgehead atoms. The average Bonchev–Trinajstić information content (AvgIpc) is 2.45. The molecule has 0 heterocycles. The maximum atomic E-state index is 13.6. The van der Waals surface area contributed by atoms with Gasteiger partial charge in [-0.2, -0.15) is 11.8 Å². The topological polar surface area (TPSA) is 36.4 Å². The average molecular weight is 362 g/mol. The molecule has 6 heteroatoms. The number of halogens is 2. The van der Waals surface area contributed by atoms with Crippen LogP contribution in [0.15, 0.2) is 27.7 Å². The number of nitrogens with one attached hydrogen (secondary N) is 2. The predicted octanol–water partition coefficient (Wildman–Crippen LogP) is 3.40. The molecule has 2 N–H and O–H groups in total. The summed E-state index contributed by atoms with van der Waals surface area (Å²) in [5.41, 5.74) is 0.615. The minimum absolute atomic E-state index is 0.212. The van der Waals surface area contributed by atoms with Crippen LogP contribution in [0.25, 0.3) is 0 Å². The Morgan fingerprint density at radius 1 is 1.35 bits per heavy atom. The van der Waals surface area contributed by atoms with Gasteiger partial charge in [-0.25, -0.2) is 4.39 Å². The summed E-state index contributed by atoms with van der Waals surface area (Å²) < 4.78 is 14.5. The first-order valence-electron chi connectivity index (χ1n) is 6.54. The van der Waals surface area contributed by atoms with Crippen LogP contribution in [-0.2, 0) is 6.54 Å². The zero-order chi connectivity index (χ0) is 14.8. The first-order chi connectivity index (χ1) is 9.67. The summed E-state index contributed by atoms with van der Waals surface area (Å²) >= 11 is 5.20. The third-order valence-electron chi connectivity index (χ3n) is 2.75. The highest BCUT2D eigenvalue weighted by atomic mass is 79.9. The number of unbranched alkanes of at least 4 members (excludes halogenated alkanes) is 1. The summed E-state index contributed by atoms with van der Waals surface area (Å²) in [6.07, 6.45) is 4.40. The minimum Gasteiger partial charge on any atom is -0.356 e. The second-order valence-corrected chi connectivity index (χ2v) is 6.19. The molecule has 3 nitrogen and oxygen atoms in total. The number of nitrogens with zero attached hydrogens (tertiary/aromatic N) is 1. The number of hydrogen-bond donors (Lipinski definition) is 2. The highest BCUT2D eigenvalue weighted by molar-refractivity contribution is 9.10. The molecule has 0 saturated heterocycles. The highest BCUT2D eigenvalue weighted by Crippen LogP contribution is 2.15.